The van der Waals surface area contributed by atoms with Gasteiger partial charge >= 0.3 is 5.97 Å². The molecule has 0 aromatic heterocycles. The van der Waals surface area contributed by atoms with Crippen molar-refractivity contribution < 1.29 is 14.3 Å². The van der Waals surface area contributed by atoms with E-state index >= 15 is 0 Å². The number of carbonyl (C=O) groups is 1. The Balaban J connectivity index is 4.00. The van der Waals surface area contributed by atoms with Gasteiger partial charge in [0.25, 0.3) is 0 Å². The van der Waals surface area contributed by atoms with Gasteiger partial charge in [-0.05, 0) is 19.3 Å². The lowest BCUT2D eigenvalue weighted by molar-refractivity contribution is -0.142. The van der Waals surface area contributed by atoms with E-state index in [9.17, 15) is 9.59 Å². The topological polar surface area (TPSA) is 43.4 Å². The van der Waals surface area contributed by atoms with Gasteiger partial charge in [0.1, 0.15) is 5.94 Å². The molecule has 0 bridgehead atoms. The minimum atomic E-state index is -0.346. The lowest BCUT2D eigenvalue weighted by Gasteiger charge is -2.05. The van der Waals surface area contributed by atoms with Crippen LogP contribution in [0.25, 0.3) is 0 Å². The first-order chi connectivity index (χ1) is 6.10. The highest BCUT2D eigenvalue weighted by Crippen LogP contribution is 2.11. The van der Waals surface area contributed by atoms with Gasteiger partial charge < -0.3 is 4.74 Å². The van der Waals surface area contributed by atoms with E-state index in [1.54, 1.807) is 12.9 Å². The molecule has 3 heteroatoms. The normalized spacial score (nSPS) is 9.54. The summed E-state index contributed by atoms with van der Waals surface area (Å²) in [6.07, 6.45) is 0.692. The Labute approximate surface area is 78.8 Å². The summed E-state index contributed by atoms with van der Waals surface area (Å²) in [7, 11) is 0. The number of rotatable bonds is 5. The van der Waals surface area contributed by atoms with E-state index in [1.807, 2.05) is 13.8 Å². The molecule has 0 aromatic rings. The van der Waals surface area contributed by atoms with Crippen LogP contribution in [0, 0.1) is 5.92 Å². The van der Waals surface area contributed by atoms with E-state index < -0.39 is 0 Å². The van der Waals surface area contributed by atoms with Crippen LogP contribution in [0.1, 0.15) is 33.6 Å². The van der Waals surface area contributed by atoms with E-state index in [0.29, 0.717) is 24.5 Å². The number of hydrogen-bond donors (Lipinski definition) is 0. The maximum Gasteiger partial charge on any atom is 0.310 e. The highest BCUT2D eigenvalue weighted by molar-refractivity contribution is 5.75. The van der Waals surface area contributed by atoms with Crippen LogP contribution in [0.4, 0.5) is 0 Å². The molecule has 0 radical (unpaired) electrons. The summed E-state index contributed by atoms with van der Waals surface area (Å²) in [6.45, 7) is 6.07. The SMILES string of the molecule is CCOC(=O)CC(=C=O)CC(C)C. The molecule has 0 saturated heterocycles. The molecule has 0 fully saturated rings. The number of hydrogen-bond acceptors (Lipinski definition) is 3. The Morgan fingerprint density at radius 1 is 1.46 bits per heavy atom. The lowest BCUT2D eigenvalue weighted by atomic mass is 10.0. The predicted octanol–water partition coefficient (Wildman–Crippen LogP) is 1.74. The molecule has 74 valence electrons. The van der Waals surface area contributed by atoms with Crippen LogP contribution in [0.15, 0.2) is 5.57 Å². The summed E-state index contributed by atoms with van der Waals surface area (Å²) in [5.41, 5.74) is 0.494. The zero-order valence-corrected chi connectivity index (χ0v) is 8.42. The van der Waals surface area contributed by atoms with E-state index in [-0.39, 0.29) is 12.4 Å². The van der Waals surface area contributed by atoms with Gasteiger partial charge in [-0.25, -0.2) is 4.79 Å². The van der Waals surface area contributed by atoms with Crippen molar-refractivity contribution in [2.24, 2.45) is 5.92 Å². The van der Waals surface area contributed by atoms with Crippen LogP contribution < -0.4 is 0 Å². The third-order valence-electron chi connectivity index (χ3n) is 1.46. The second kappa shape index (κ2) is 6.44. The first kappa shape index (κ1) is 11.9. The van der Waals surface area contributed by atoms with Crippen molar-refractivity contribution in [2.45, 2.75) is 33.6 Å². The molecule has 0 aliphatic rings. The van der Waals surface area contributed by atoms with Gasteiger partial charge in [-0.15, -0.1) is 0 Å². The van der Waals surface area contributed by atoms with Gasteiger partial charge in [-0.1, -0.05) is 13.8 Å². The summed E-state index contributed by atoms with van der Waals surface area (Å²) < 4.78 is 4.72. The van der Waals surface area contributed by atoms with Crippen molar-refractivity contribution in [1.29, 1.82) is 0 Å². The molecule has 0 heterocycles. The Hall–Kier alpha value is -1.08. The van der Waals surface area contributed by atoms with Gasteiger partial charge in [0.05, 0.1) is 13.0 Å². The van der Waals surface area contributed by atoms with E-state index in [4.69, 9.17) is 4.74 Å². The standard InChI is InChI=1S/C10H16O3/c1-4-13-10(12)6-9(7-11)5-8(2)3/h8H,4-6H2,1-3H3. The second-order valence-electron chi connectivity index (χ2n) is 3.29. The number of esters is 1. The van der Waals surface area contributed by atoms with Crippen molar-refractivity contribution in [3.05, 3.63) is 5.57 Å². The zero-order valence-electron chi connectivity index (χ0n) is 8.42. The molecule has 0 aliphatic heterocycles. The highest BCUT2D eigenvalue weighted by atomic mass is 16.5. The maximum atomic E-state index is 11.0. The summed E-state index contributed by atoms with van der Waals surface area (Å²) in [4.78, 5) is 21.4. The van der Waals surface area contributed by atoms with Crippen molar-refractivity contribution in [1.82, 2.24) is 0 Å². The average molecular weight is 184 g/mol. The number of carbonyl (C=O) groups excluding carboxylic acids is 2. The molecule has 0 N–H and O–H groups in total. The van der Waals surface area contributed by atoms with E-state index in [0.717, 1.165) is 0 Å². The lowest BCUT2D eigenvalue weighted by Crippen LogP contribution is -2.06. The predicted molar refractivity (Wildman–Crippen MR) is 49.9 cm³/mol. The largest absolute Gasteiger partial charge is 0.466 e. The molecule has 0 spiro atoms. The monoisotopic (exact) mass is 184 g/mol. The summed E-state index contributed by atoms with van der Waals surface area (Å²) >= 11 is 0. The Kier molecular flexibility index (Phi) is 5.90. The van der Waals surface area contributed by atoms with Gasteiger partial charge in [0.2, 0.25) is 0 Å². The smallest absolute Gasteiger partial charge is 0.310 e. The van der Waals surface area contributed by atoms with Gasteiger partial charge in [0, 0.05) is 5.57 Å². The summed E-state index contributed by atoms with van der Waals surface area (Å²) in [6, 6.07) is 0. The zero-order chi connectivity index (χ0) is 10.3. The van der Waals surface area contributed by atoms with Crippen LogP contribution in [0.5, 0.6) is 0 Å². The summed E-state index contributed by atoms with van der Waals surface area (Å²) in [5.74, 6) is 1.81. The van der Waals surface area contributed by atoms with E-state index in [1.165, 1.54) is 0 Å². The Morgan fingerprint density at radius 3 is 2.46 bits per heavy atom. The van der Waals surface area contributed by atoms with Crippen LogP contribution in [-0.4, -0.2) is 18.5 Å². The molecule has 3 nitrogen and oxygen atoms in total. The first-order valence-electron chi connectivity index (χ1n) is 4.48. The Morgan fingerprint density at radius 2 is 2.08 bits per heavy atom. The third-order valence-corrected chi connectivity index (χ3v) is 1.46. The molecule has 0 atom stereocenters. The van der Waals surface area contributed by atoms with Crippen molar-refractivity contribution in [3.63, 3.8) is 0 Å². The van der Waals surface area contributed by atoms with Crippen molar-refractivity contribution in [3.8, 4) is 0 Å². The van der Waals surface area contributed by atoms with Crippen molar-refractivity contribution in [2.75, 3.05) is 6.61 Å². The number of ether oxygens (including phenoxy) is 1. The second-order valence-corrected chi connectivity index (χ2v) is 3.29. The molecular formula is C10H16O3. The molecule has 0 saturated carbocycles. The maximum absolute atomic E-state index is 11.0. The molecule has 0 unspecified atom stereocenters. The first-order valence-corrected chi connectivity index (χ1v) is 4.48. The Bertz CT molecular complexity index is 212. The van der Waals surface area contributed by atoms with Crippen LogP contribution in [0.3, 0.4) is 0 Å². The molecule has 0 aliphatic carbocycles. The summed E-state index contributed by atoms with van der Waals surface area (Å²) in [5, 5.41) is 0. The molecule has 0 aromatic carbocycles. The van der Waals surface area contributed by atoms with Crippen LogP contribution in [-0.2, 0) is 14.3 Å². The highest BCUT2D eigenvalue weighted by Gasteiger charge is 2.09. The minimum absolute atomic E-state index is 0.0789. The third kappa shape index (κ3) is 6.12. The fourth-order valence-corrected chi connectivity index (χ4v) is 1.03. The van der Waals surface area contributed by atoms with Gasteiger partial charge in [-0.2, -0.15) is 0 Å². The van der Waals surface area contributed by atoms with Gasteiger partial charge in [-0.3, -0.25) is 4.79 Å². The molecule has 0 rings (SSSR count). The average Bonchev–Trinajstić information content (AvgIpc) is 2.02. The van der Waals surface area contributed by atoms with Crippen LogP contribution in [0.2, 0.25) is 0 Å². The molecular weight excluding hydrogens is 168 g/mol. The fourth-order valence-electron chi connectivity index (χ4n) is 1.03. The fraction of sp³-hybridized carbons (Fsp3) is 0.700. The van der Waals surface area contributed by atoms with E-state index in [2.05, 4.69) is 0 Å². The quantitative estimate of drug-likeness (QED) is 0.483. The van der Waals surface area contributed by atoms with Crippen LogP contribution >= 0.6 is 0 Å². The van der Waals surface area contributed by atoms with Gasteiger partial charge in [0.15, 0.2) is 0 Å². The molecule has 0 amide bonds. The van der Waals surface area contributed by atoms with Crippen molar-refractivity contribution >= 4 is 11.9 Å². The molecule has 13 heavy (non-hydrogen) atoms. The minimum Gasteiger partial charge on any atom is -0.466 e.